The van der Waals surface area contributed by atoms with Crippen molar-refractivity contribution in [1.29, 1.82) is 42.1 Å². The van der Waals surface area contributed by atoms with E-state index in [0.29, 0.717) is 11.1 Å². The van der Waals surface area contributed by atoms with Crippen molar-refractivity contribution in [3.05, 3.63) is 205 Å². The summed E-state index contributed by atoms with van der Waals surface area (Å²) in [6.07, 6.45) is -4.22. The van der Waals surface area contributed by atoms with E-state index in [2.05, 4.69) is 46.9 Å². The van der Waals surface area contributed by atoms with Crippen molar-refractivity contribution in [2.24, 2.45) is 0 Å². The van der Waals surface area contributed by atoms with Crippen molar-refractivity contribution in [3.8, 4) is 59.7 Å². The van der Waals surface area contributed by atoms with Crippen molar-refractivity contribution in [2.75, 3.05) is 0 Å². The van der Waals surface area contributed by atoms with Crippen LogP contribution in [0.3, 0.4) is 0 Å². The lowest BCUT2D eigenvalue weighted by Gasteiger charge is -2.25. The molecule has 366 valence electrons. The highest BCUT2D eigenvalue weighted by atomic mass is 19.4. The summed E-state index contributed by atoms with van der Waals surface area (Å²) in [5.74, 6) is -0.891. The van der Waals surface area contributed by atoms with Crippen molar-refractivity contribution in [3.63, 3.8) is 0 Å². The zero-order chi connectivity index (χ0) is 54.6. The van der Waals surface area contributed by atoms with Crippen LogP contribution in [0.4, 0.5) is 26.3 Å². The lowest BCUT2D eigenvalue weighted by atomic mass is 9.76. The van der Waals surface area contributed by atoms with Gasteiger partial charge in [-0.2, -0.15) is 42.1 Å². The number of benzene rings is 4. The fourth-order valence-electron chi connectivity index (χ4n) is 9.97. The fraction of sp³-hybridized carbons (Fsp3) is 0.133. The molecule has 0 bridgehead atoms. The molecule has 0 amide bonds. The smallest absolute Gasteiger partial charge is 0.410 e. The van der Waals surface area contributed by atoms with Gasteiger partial charge >= 0.3 is 12.7 Å². The Balaban J connectivity index is 1.69. The van der Waals surface area contributed by atoms with Crippen LogP contribution in [0.25, 0.3) is 50.1 Å². The monoisotopic (exact) mass is 1010 g/mol. The largest absolute Gasteiger partial charge is 0.572 e. The van der Waals surface area contributed by atoms with Gasteiger partial charge in [0.2, 0.25) is 0 Å². The first-order valence-corrected chi connectivity index (χ1v) is 22.9. The third-order valence-corrected chi connectivity index (χ3v) is 12.8. The van der Waals surface area contributed by atoms with Gasteiger partial charge < -0.3 is 9.47 Å². The third-order valence-electron chi connectivity index (χ3n) is 12.8. The van der Waals surface area contributed by atoms with Crippen molar-refractivity contribution in [2.45, 2.75) is 51.2 Å². The quantitative estimate of drug-likeness (QED) is 0.0788. The Kier molecular flexibility index (Phi) is 14.2. The van der Waals surface area contributed by atoms with E-state index in [1.807, 2.05) is 24.3 Å². The summed E-state index contributed by atoms with van der Waals surface area (Å²) in [4.78, 5) is 0. The molecular weight excluding hydrogens is 979 g/mol. The molecule has 0 saturated heterocycles. The SMILES string of the molecule is C=CCCC(=C)c1c2c(c(-c3ccccc3)c3c1C(C#N)=C(C1=CC=C(OC(F)(F)F)CC1)/C3=C(/C#N)c1cc(C#N)cc(C#N)c1)/C(=C(\C#N)c1cc(C#N)cc(C#N)c1)C(C1=CC=C(OC(F)(F)F)CC1)=C2C#N. The van der Waals surface area contributed by atoms with Gasteiger partial charge in [-0.3, -0.25) is 0 Å². The number of hydrogen-bond donors (Lipinski definition) is 0. The predicted octanol–water partition coefficient (Wildman–Crippen LogP) is 14.6. The lowest BCUT2D eigenvalue weighted by Crippen LogP contribution is -2.14. The number of nitrogens with zero attached hydrogens (tertiary/aromatic N) is 8. The van der Waals surface area contributed by atoms with Crippen molar-refractivity contribution >= 4 is 39.0 Å². The van der Waals surface area contributed by atoms with E-state index in [1.165, 1.54) is 48.6 Å². The number of nitriles is 8. The highest BCUT2D eigenvalue weighted by Crippen LogP contribution is 2.62. The maximum atomic E-state index is 13.6. The van der Waals surface area contributed by atoms with E-state index in [-0.39, 0.29) is 161 Å². The Hall–Kier alpha value is -10.6. The van der Waals surface area contributed by atoms with E-state index < -0.39 is 24.2 Å². The third kappa shape index (κ3) is 9.71. The van der Waals surface area contributed by atoms with Crippen LogP contribution < -0.4 is 0 Å². The molecule has 10 nitrogen and oxygen atoms in total. The Labute approximate surface area is 431 Å². The molecule has 76 heavy (non-hydrogen) atoms. The Morgan fingerprint density at radius 1 is 0.526 bits per heavy atom. The lowest BCUT2D eigenvalue weighted by molar-refractivity contribution is -0.307. The Bertz CT molecular complexity index is 3630. The molecule has 0 aromatic heterocycles. The fourth-order valence-corrected chi connectivity index (χ4v) is 9.97. The van der Waals surface area contributed by atoms with Gasteiger partial charge in [0.05, 0.1) is 68.8 Å². The maximum absolute atomic E-state index is 13.6. The van der Waals surface area contributed by atoms with E-state index >= 15 is 0 Å². The molecule has 0 aliphatic heterocycles. The highest BCUT2D eigenvalue weighted by molar-refractivity contribution is 6.27. The number of allylic oxidation sites excluding steroid dienone is 18. The van der Waals surface area contributed by atoms with E-state index in [1.54, 1.807) is 36.4 Å². The first-order chi connectivity index (χ1) is 36.5. The summed E-state index contributed by atoms with van der Waals surface area (Å²) in [6.45, 7) is 8.37. The molecule has 0 fully saturated rings. The second kappa shape index (κ2) is 20.8. The summed E-state index contributed by atoms with van der Waals surface area (Å²) in [5, 5.41) is 87.2. The van der Waals surface area contributed by atoms with E-state index in [9.17, 15) is 68.4 Å². The second-order valence-corrected chi connectivity index (χ2v) is 17.3. The van der Waals surface area contributed by atoms with Crippen LogP contribution in [-0.4, -0.2) is 12.7 Å². The summed E-state index contributed by atoms with van der Waals surface area (Å²) >= 11 is 0. The summed E-state index contributed by atoms with van der Waals surface area (Å²) < 4.78 is 90.2. The molecular formula is C60H32F6N8O2. The first kappa shape index (κ1) is 51.7. The van der Waals surface area contributed by atoms with Crippen LogP contribution in [0.15, 0.2) is 144 Å². The first-order valence-electron chi connectivity index (χ1n) is 22.9. The number of rotatable bonds is 11. The molecule has 4 aliphatic rings. The predicted molar refractivity (Wildman–Crippen MR) is 267 cm³/mol. The van der Waals surface area contributed by atoms with Gasteiger partial charge in [0, 0.05) is 57.4 Å². The zero-order valence-electron chi connectivity index (χ0n) is 39.6. The number of alkyl halides is 6. The normalized spacial score (nSPS) is 15.9. The molecule has 0 unspecified atom stereocenters. The average molecular weight is 1010 g/mol. The van der Waals surface area contributed by atoms with Gasteiger partial charge in [-0.1, -0.05) is 55.1 Å². The molecule has 4 aliphatic carbocycles. The highest BCUT2D eigenvalue weighted by Gasteiger charge is 2.45. The van der Waals surface area contributed by atoms with Gasteiger partial charge in [-0.15, -0.1) is 32.9 Å². The number of ether oxygens (including phenoxy) is 2. The summed E-state index contributed by atoms with van der Waals surface area (Å²) in [5.41, 5.74) is 1.60. The molecule has 0 atom stereocenters. The minimum Gasteiger partial charge on any atom is -0.410 e. The van der Waals surface area contributed by atoms with E-state index in [4.69, 9.17) is 0 Å². The number of halogens is 6. The number of fused-ring (bicyclic) bond motifs is 2. The van der Waals surface area contributed by atoms with Crippen molar-refractivity contribution < 1.29 is 35.8 Å². The van der Waals surface area contributed by atoms with Gasteiger partial charge in [0.25, 0.3) is 0 Å². The molecule has 0 heterocycles. The molecule has 8 rings (SSSR count). The molecule has 4 aromatic rings. The second-order valence-electron chi connectivity index (χ2n) is 17.3. The summed E-state index contributed by atoms with van der Waals surface area (Å²) in [6, 6.07) is 33.6. The minimum absolute atomic E-state index is 0.0177. The van der Waals surface area contributed by atoms with Gasteiger partial charge in [-0.25, -0.2) is 0 Å². The minimum atomic E-state index is -5.04. The number of hydrogen-bond acceptors (Lipinski definition) is 10. The topological polar surface area (TPSA) is 209 Å². The molecule has 0 radical (unpaired) electrons. The van der Waals surface area contributed by atoms with Crippen LogP contribution in [-0.2, 0) is 9.47 Å². The summed E-state index contributed by atoms with van der Waals surface area (Å²) in [7, 11) is 0. The van der Waals surface area contributed by atoms with Crippen LogP contribution in [0.5, 0.6) is 0 Å². The zero-order valence-corrected chi connectivity index (χ0v) is 39.6. The molecule has 0 spiro atoms. The van der Waals surface area contributed by atoms with Crippen LogP contribution in [0.1, 0.15) is 99.7 Å². The van der Waals surface area contributed by atoms with E-state index in [0.717, 1.165) is 12.2 Å². The van der Waals surface area contributed by atoms with Crippen LogP contribution in [0.2, 0.25) is 0 Å². The van der Waals surface area contributed by atoms with Crippen molar-refractivity contribution in [1.82, 2.24) is 0 Å². The molecule has 16 heteroatoms. The molecule has 4 aromatic carbocycles. The van der Waals surface area contributed by atoms with Gasteiger partial charge in [0.15, 0.2) is 0 Å². The Morgan fingerprint density at radius 2 is 0.934 bits per heavy atom. The Morgan fingerprint density at radius 3 is 1.25 bits per heavy atom. The average Bonchev–Trinajstić information content (AvgIpc) is 3.98. The molecule has 0 saturated carbocycles. The van der Waals surface area contributed by atoms with Gasteiger partial charge in [-0.05, 0) is 119 Å². The maximum Gasteiger partial charge on any atom is 0.572 e. The molecule has 0 N–H and O–H groups in total. The van der Waals surface area contributed by atoms with Gasteiger partial charge in [0.1, 0.15) is 35.8 Å². The standard InChI is InChI=1S/C60H32F6N8O2/c1-3-4-8-33(2)49-55-47(31-73)50(39-11-15-43(16-12-39)75-59(61,62)63)53(45(29-71)41-21-34(25-67)19-35(22-41)26-68)57(55)52(38-9-6-5-7-10-38)58-54(46(30-72)42-23-36(27-69)20-37(24-42)28-70)51(48(32-74)56(49)58)40-13-17-44(18-14-40)76-60(64,65)66/h3,5-7,9-11,13,15,17,19-24H,1-2,4,8,12,14,16,18H2/b53-45+,54-46+. The van der Waals surface area contributed by atoms with Crippen LogP contribution >= 0.6 is 0 Å². The van der Waals surface area contributed by atoms with Crippen LogP contribution in [0, 0.1) is 90.6 Å².